The van der Waals surface area contributed by atoms with Crippen LogP contribution in [0.1, 0.15) is 17.3 Å². The summed E-state index contributed by atoms with van der Waals surface area (Å²) in [5.41, 5.74) is 2.09. The fourth-order valence-electron chi connectivity index (χ4n) is 3.54. The topological polar surface area (TPSA) is 133 Å². The number of methoxy groups -OCH3 is 2. The Balaban J connectivity index is 1.37. The number of non-ortho nitro benzene ring substituents is 1. The lowest BCUT2D eigenvalue weighted by Crippen LogP contribution is -2.22. The maximum Gasteiger partial charge on any atom is 0.270 e. The number of nitro groups is 1. The number of aromatic nitrogens is 1. The van der Waals surface area contributed by atoms with E-state index in [1.807, 2.05) is 6.07 Å². The number of benzene rings is 3. The molecule has 1 atom stereocenters. The van der Waals surface area contributed by atoms with Crippen molar-refractivity contribution in [1.82, 2.24) is 4.98 Å². The van der Waals surface area contributed by atoms with Gasteiger partial charge in [0.15, 0.2) is 16.6 Å². The van der Waals surface area contributed by atoms with Crippen LogP contribution in [-0.4, -0.2) is 41.2 Å². The Morgan fingerprint density at radius 1 is 1.00 bits per heavy atom. The normalized spacial score (nSPS) is 11.4. The molecule has 4 rings (SSSR count). The predicted molar refractivity (Wildman–Crippen MR) is 152 cm³/mol. The molecule has 0 saturated heterocycles. The zero-order chi connectivity index (χ0) is 27.9. The van der Waals surface area contributed by atoms with Crippen molar-refractivity contribution < 1.29 is 24.0 Å². The second-order valence-corrected chi connectivity index (χ2v) is 10.4. The first-order valence-electron chi connectivity index (χ1n) is 11.6. The van der Waals surface area contributed by atoms with E-state index in [-0.39, 0.29) is 17.5 Å². The number of thiazole rings is 1. The Bertz CT molecular complexity index is 1520. The number of carbonyl (C=O) groups excluding carboxylic acids is 2. The lowest BCUT2D eigenvalue weighted by atomic mass is 10.1. The average molecular weight is 565 g/mol. The first-order valence-corrected chi connectivity index (χ1v) is 13.3. The second-order valence-electron chi connectivity index (χ2n) is 8.15. The molecule has 0 saturated carbocycles. The number of thioether (sulfide) groups is 1. The van der Waals surface area contributed by atoms with Crippen LogP contribution in [0.15, 0.2) is 77.0 Å². The van der Waals surface area contributed by atoms with E-state index in [9.17, 15) is 19.7 Å². The lowest BCUT2D eigenvalue weighted by Gasteiger charge is -2.12. The number of anilines is 2. The van der Waals surface area contributed by atoms with Crippen LogP contribution in [0.2, 0.25) is 0 Å². The quantitative estimate of drug-likeness (QED) is 0.134. The van der Waals surface area contributed by atoms with Crippen LogP contribution in [0.4, 0.5) is 16.5 Å². The largest absolute Gasteiger partial charge is 0.493 e. The standard InChI is InChI=1S/C27H24N4O6S2/c1-16(25(32)30-27-29-22(15-38-27)17-6-4-8-20(12-17)31(34)35)39-21-9-5-7-19(14-21)28-26(33)18-10-11-23(36-2)24(13-18)37-3/h4-16H,1-3H3,(H,28,33)(H,29,30,32). The summed E-state index contributed by atoms with van der Waals surface area (Å²) in [5, 5.41) is 18.4. The van der Waals surface area contributed by atoms with E-state index in [2.05, 4.69) is 15.6 Å². The Labute approximate surface area is 232 Å². The molecule has 0 fully saturated rings. The zero-order valence-corrected chi connectivity index (χ0v) is 22.8. The molecular weight excluding hydrogens is 540 g/mol. The summed E-state index contributed by atoms with van der Waals surface area (Å²) in [5.74, 6) is 0.413. The number of amides is 2. The van der Waals surface area contributed by atoms with E-state index < -0.39 is 10.2 Å². The zero-order valence-electron chi connectivity index (χ0n) is 21.2. The summed E-state index contributed by atoms with van der Waals surface area (Å²) in [6, 6.07) is 18.3. The molecule has 200 valence electrons. The van der Waals surface area contributed by atoms with E-state index in [1.165, 1.54) is 49.5 Å². The number of carbonyl (C=O) groups is 2. The maximum atomic E-state index is 12.8. The number of rotatable bonds is 10. The van der Waals surface area contributed by atoms with Gasteiger partial charge in [-0.1, -0.05) is 18.2 Å². The smallest absolute Gasteiger partial charge is 0.270 e. The van der Waals surface area contributed by atoms with Gasteiger partial charge in [0.2, 0.25) is 5.91 Å². The Kier molecular flexibility index (Phi) is 8.79. The van der Waals surface area contributed by atoms with Crippen LogP contribution >= 0.6 is 23.1 Å². The Morgan fingerprint density at radius 3 is 2.51 bits per heavy atom. The molecule has 0 radical (unpaired) electrons. The highest BCUT2D eigenvalue weighted by Crippen LogP contribution is 2.31. The highest BCUT2D eigenvalue weighted by Gasteiger charge is 2.18. The van der Waals surface area contributed by atoms with Crippen molar-refractivity contribution in [3.8, 4) is 22.8 Å². The van der Waals surface area contributed by atoms with Gasteiger partial charge in [0.1, 0.15) is 0 Å². The van der Waals surface area contributed by atoms with Gasteiger partial charge in [-0.3, -0.25) is 19.7 Å². The summed E-state index contributed by atoms with van der Waals surface area (Å²) in [4.78, 5) is 41.4. The molecule has 10 nitrogen and oxygen atoms in total. The number of nitro benzene ring substituents is 1. The van der Waals surface area contributed by atoms with Crippen LogP contribution in [-0.2, 0) is 4.79 Å². The van der Waals surface area contributed by atoms with Gasteiger partial charge in [0.25, 0.3) is 11.6 Å². The molecule has 39 heavy (non-hydrogen) atoms. The van der Waals surface area contributed by atoms with Gasteiger partial charge in [-0.25, -0.2) is 4.98 Å². The molecule has 1 heterocycles. The minimum absolute atomic E-state index is 0.0294. The van der Waals surface area contributed by atoms with Gasteiger partial charge in [-0.15, -0.1) is 23.1 Å². The van der Waals surface area contributed by atoms with Crippen LogP contribution in [0, 0.1) is 10.1 Å². The summed E-state index contributed by atoms with van der Waals surface area (Å²) < 4.78 is 10.5. The minimum Gasteiger partial charge on any atom is -0.493 e. The van der Waals surface area contributed by atoms with Crippen molar-refractivity contribution >= 4 is 51.4 Å². The molecular formula is C27H24N4O6S2. The van der Waals surface area contributed by atoms with E-state index in [4.69, 9.17) is 9.47 Å². The van der Waals surface area contributed by atoms with Crippen LogP contribution < -0.4 is 20.1 Å². The summed E-state index contributed by atoms with van der Waals surface area (Å²) in [6.45, 7) is 1.77. The van der Waals surface area contributed by atoms with Gasteiger partial charge in [0.05, 0.1) is 30.1 Å². The van der Waals surface area contributed by atoms with Gasteiger partial charge < -0.3 is 20.1 Å². The SMILES string of the molecule is COc1ccc(C(=O)Nc2cccc(SC(C)C(=O)Nc3nc(-c4cccc([N+](=O)[O-])c4)cs3)c2)cc1OC. The van der Waals surface area contributed by atoms with Crippen LogP contribution in [0.3, 0.4) is 0 Å². The van der Waals surface area contributed by atoms with Crippen molar-refractivity contribution in [3.63, 3.8) is 0 Å². The lowest BCUT2D eigenvalue weighted by molar-refractivity contribution is -0.384. The average Bonchev–Trinajstić information content (AvgIpc) is 3.41. The van der Waals surface area contributed by atoms with Crippen molar-refractivity contribution in [2.75, 3.05) is 24.9 Å². The Morgan fingerprint density at radius 2 is 1.77 bits per heavy atom. The molecule has 12 heteroatoms. The first-order chi connectivity index (χ1) is 18.8. The molecule has 0 aliphatic carbocycles. The molecule has 0 aliphatic rings. The second kappa shape index (κ2) is 12.4. The van der Waals surface area contributed by atoms with E-state index in [0.29, 0.717) is 39.1 Å². The highest BCUT2D eigenvalue weighted by atomic mass is 32.2. The molecule has 2 N–H and O–H groups in total. The van der Waals surface area contributed by atoms with E-state index in [1.54, 1.807) is 60.8 Å². The molecule has 2 amide bonds. The van der Waals surface area contributed by atoms with Crippen molar-refractivity contribution in [2.45, 2.75) is 17.1 Å². The van der Waals surface area contributed by atoms with Gasteiger partial charge in [-0.05, 0) is 43.3 Å². The Hall–Kier alpha value is -4.42. The van der Waals surface area contributed by atoms with E-state index in [0.717, 1.165) is 4.90 Å². The number of hydrogen-bond donors (Lipinski definition) is 2. The molecule has 0 aliphatic heterocycles. The third kappa shape index (κ3) is 6.92. The first kappa shape index (κ1) is 27.6. The van der Waals surface area contributed by atoms with Gasteiger partial charge in [-0.2, -0.15) is 0 Å². The van der Waals surface area contributed by atoms with E-state index >= 15 is 0 Å². The number of ether oxygens (including phenoxy) is 2. The monoisotopic (exact) mass is 564 g/mol. The molecule has 1 aromatic heterocycles. The molecule has 0 spiro atoms. The van der Waals surface area contributed by atoms with Crippen molar-refractivity contribution in [3.05, 3.63) is 87.8 Å². The number of nitrogens with one attached hydrogen (secondary N) is 2. The molecule has 0 bridgehead atoms. The summed E-state index contributed by atoms with van der Waals surface area (Å²) in [7, 11) is 3.03. The van der Waals surface area contributed by atoms with Crippen LogP contribution in [0.25, 0.3) is 11.3 Å². The fourth-order valence-corrected chi connectivity index (χ4v) is 5.18. The minimum atomic E-state index is -0.466. The fraction of sp³-hybridized carbons (Fsp3) is 0.148. The van der Waals surface area contributed by atoms with Crippen LogP contribution in [0.5, 0.6) is 11.5 Å². The van der Waals surface area contributed by atoms with Crippen molar-refractivity contribution in [1.29, 1.82) is 0 Å². The number of nitrogens with zero attached hydrogens (tertiary/aromatic N) is 2. The van der Waals surface area contributed by atoms with Gasteiger partial charge in [0, 0.05) is 39.2 Å². The molecule has 3 aromatic carbocycles. The van der Waals surface area contributed by atoms with Crippen molar-refractivity contribution in [2.24, 2.45) is 0 Å². The third-order valence-corrected chi connectivity index (χ3v) is 7.36. The highest BCUT2D eigenvalue weighted by molar-refractivity contribution is 8.00. The molecule has 1 unspecified atom stereocenters. The summed E-state index contributed by atoms with van der Waals surface area (Å²) in [6.07, 6.45) is 0. The predicted octanol–water partition coefficient (Wildman–Crippen LogP) is 6.11. The number of hydrogen-bond acceptors (Lipinski definition) is 9. The van der Waals surface area contributed by atoms with Gasteiger partial charge >= 0.3 is 0 Å². The maximum absolute atomic E-state index is 12.8. The molecule has 4 aromatic rings. The third-order valence-electron chi connectivity index (χ3n) is 5.51. The summed E-state index contributed by atoms with van der Waals surface area (Å²) >= 11 is 2.57.